The van der Waals surface area contributed by atoms with Crippen molar-refractivity contribution in [1.29, 1.82) is 0 Å². The summed E-state index contributed by atoms with van der Waals surface area (Å²) >= 11 is 0. The van der Waals surface area contributed by atoms with Gasteiger partial charge in [0.25, 0.3) is 0 Å². The van der Waals surface area contributed by atoms with E-state index in [0.717, 1.165) is 50.1 Å². The fourth-order valence-corrected chi connectivity index (χ4v) is 7.04. The molecule has 1 aromatic carbocycles. The molecule has 0 radical (unpaired) electrons. The van der Waals surface area contributed by atoms with Crippen LogP contribution in [0.2, 0.25) is 0 Å². The van der Waals surface area contributed by atoms with Crippen molar-refractivity contribution in [1.82, 2.24) is 9.80 Å². The average Bonchev–Trinajstić information content (AvgIpc) is 3.25. The predicted octanol–water partition coefficient (Wildman–Crippen LogP) is 3.98. The van der Waals surface area contributed by atoms with Crippen LogP contribution in [0.3, 0.4) is 0 Å². The topological polar surface area (TPSA) is 32.8 Å². The Hall–Kier alpha value is -1.81. The second kappa shape index (κ2) is 7.71. The summed E-state index contributed by atoms with van der Waals surface area (Å²) in [7, 11) is 0. The van der Waals surface area contributed by atoms with Crippen molar-refractivity contribution < 1.29 is 9.53 Å². The van der Waals surface area contributed by atoms with E-state index >= 15 is 0 Å². The Labute approximate surface area is 180 Å². The molecule has 1 aliphatic carbocycles. The summed E-state index contributed by atoms with van der Waals surface area (Å²) in [6.07, 6.45) is 12.9. The Balaban J connectivity index is 1.17. The van der Waals surface area contributed by atoms with Crippen LogP contribution in [0.1, 0.15) is 56.1 Å². The largest absolute Gasteiger partial charge is 0.493 e. The van der Waals surface area contributed by atoms with Crippen LogP contribution in [0.5, 0.6) is 5.75 Å². The van der Waals surface area contributed by atoms with Crippen molar-refractivity contribution in [3.05, 3.63) is 41.0 Å². The third-order valence-electron chi connectivity index (χ3n) is 8.36. The van der Waals surface area contributed by atoms with Crippen LogP contribution < -0.4 is 4.74 Å². The summed E-state index contributed by atoms with van der Waals surface area (Å²) in [5.41, 5.74) is 4.17. The molecule has 3 fully saturated rings. The first-order valence-corrected chi connectivity index (χ1v) is 12.2. The molecule has 1 amide bonds. The number of carbonyl (C=O) groups excluding carboxylic acids is 1. The van der Waals surface area contributed by atoms with E-state index in [9.17, 15) is 4.79 Å². The van der Waals surface area contributed by atoms with E-state index in [4.69, 9.17) is 4.74 Å². The molecule has 0 aromatic heterocycles. The SMILES string of the molecule is O=C(CCc1ccc2c(c1)CCO2)N1CCCC2=C[C@H]3C[C@H](CN4CCCC[C@H]34)[C@@H]21. The minimum Gasteiger partial charge on any atom is -0.493 e. The zero-order valence-corrected chi connectivity index (χ0v) is 18.0. The minimum absolute atomic E-state index is 0.363. The number of carbonyl (C=O) groups is 1. The van der Waals surface area contributed by atoms with Crippen LogP contribution in [0, 0.1) is 11.8 Å². The molecule has 3 saturated heterocycles. The predicted molar refractivity (Wildman–Crippen MR) is 118 cm³/mol. The van der Waals surface area contributed by atoms with Gasteiger partial charge in [-0.15, -0.1) is 0 Å². The lowest BCUT2D eigenvalue weighted by atomic mass is 9.68. The Bertz CT molecular complexity index is 863. The first-order valence-electron chi connectivity index (χ1n) is 12.2. The Morgan fingerprint density at radius 2 is 2.10 bits per heavy atom. The third kappa shape index (κ3) is 3.28. The van der Waals surface area contributed by atoms with Crippen molar-refractivity contribution in [3.8, 4) is 5.75 Å². The number of hydrogen-bond donors (Lipinski definition) is 0. The average molecular weight is 407 g/mol. The summed E-state index contributed by atoms with van der Waals surface area (Å²) in [5.74, 6) is 2.77. The number of ether oxygens (including phenoxy) is 1. The highest BCUT2D eigenvalue weighted by Crippen LogP contribution is 2.45. The number of amides is 1. The third-order valence-corrected chi connectivity index (χ3v) is 8.36. The van der Waals surface area contributed by atoms with Gasteiger partial charge in [-0.2, -0.15) is 0 Å². The molecular formula is C26H34N2O2. The van der Waals surface area contributed by atoms with Gasteiger partial charge in [-0.05, 0) is 74.1 Å². The van der Waals surface area contributed by atoms with Crippen molar-refractivity contribution in [2.45, 2.75) is 69.9 Å². The monoisotopic (exact) mass is 406 g/mol. The molecular weight excluding hydrogens is 372 g/mol. The molecule has 2 bridgehead atoms. The number of rotatable bonds is 3. The second-order valence-electron chi connectivity index (χ2n) is 10.1. The molecule has 0 saturated carbocycles. The van der Waals surface area contributed by atoms with Gasteiger partial charge in [-0.1, -0.05) is 30.2 Å². The summed E-state index contributed by atoms with van der Waals surface area (Å²) < 4.78 is 5.62. The summed E-state index contributed by atoms with van der Waals surface area (Å²) in [5, 5.41) is 0. The number of fused-ring (bicyclic) bond motifs is 7. The lowest BCUT2D eigenvalue weighted by Gasteiger charge is -2.54. The molecule has 4 heterocycles. The molecule has 0 unspecified atom stereocenters. The molecule has 4 aliphatic heterocycles. The van der Waals surface area contributed by atoms with E-state index < -0.39 is 0 Å². The Morgan fingerprint density at radius 1 is 1.13 bits per heavy atom. The van der Waals surface area contributed by atoms with E-state index in [0.29, 0.717) is 24.3 Å². The fraction of sp³-hybridized carbons (Fsp3) is 0.654. The molecule has 4 nitrogen and oxygen atoms in total. The quantitative estimate of drug-likeness (QED) is 0.712. The zero-order chi connectivity index (χ0) is 20.1. The van der Waals surface area contributed by atoms with Crippen LogP contribution in [0.4, 0.5) is 0 Å². The highest BCUT2D eigenvalue weighted by molar-refractivity contribution is 5.77. The van der Waals surface area contributed by atoms with Crippen molar-refractivity contribution in [2.75, 3.05) is 26.2 Å². The molecule has 6 rings (SSSR count). The first kappa shape index (κ1) is 18.9. The molecule has 5 aliphatic rings. The van der Waals surface area contributed by atoms with Crippen LogP contribution in [-0.2, 0) is 17.6 Å². The van der Waals surface area contributed by atoms with Crippen LogP contribution in [0.15, 0.2) is 29.8 Å². The Kier molecular flexibility index (Phi) is 4.86. The summed E-state index contributed by atoms with van der Waals surface area (Å²) in [4.78, 5) is 18.4. The normalized spacial score (nSPS) is 32.5. The summed E-state index contributed by atoms with van der Waals surface area (Å²) in [6.45, 7) is 4.22. The highest BCUT2D eigenvalue weighted by atomic mass is 16.5. The maximum Gasteiger partial charge on any atom is 0.223 e. The molecule has 0 spiro atoms. The van der Waals surface area contributed by atoms with Gasteiger partial charge >= 0.3 is 0 Å². The van der Waals surface area contributed by atoms with E-state index in [1.165, 1.54) is 56.3 Å². The van der Waals surface area contributed by atoms with E-state index in [1.54, 1.807) is 5.57 Å². The smallest absolute Gasteiger partial charge is 0.223 e. The molecule has 30 heavy (non-hydrogen) atoms. The summed E-state index contributed by atoms with van der Waals surface area (Å²) in [6, 6.07) is 7.63. The first-order chi connectivity index (χ1) is 14.8. The highest BCUT2D eigenvalue weighted by Gasteiger charge is 2.46. The number of benzene rings is 1. The van der Waals surface area contributed by atoms with Gasteiger partial charge in [0.15, 0.2) is 0 Å². The Morgan fingerprint density at radius 3 is 3.07 bits per heavy atom. The van der Waals surface area contributed by atoms with Gasteiger partial charge in [0.1, 0.15) is 5.75 Å². The zero-order valence-electron chi connectivity index (χ0n) is 18.0. The molecule has 0 N–H and O–H groups in total. The maximum absolute atomic E-state index is 13.4. The fourth-order valence-electron chi connectivity index (χ4n) is 7.04. The number of likely N-dealkylation sites (tertiary alicyclic amines) is 1. The molecule has 160 valence electrons. The number of nitrogens with zero attached hydrogens (tertiary/aromatic N) is 2. The van der Waals surface area contributed by atoms with E-state index in [2.05, 4.69) is 34.1 Å². The standard InChI is InChI=1S/C26H34N2O2/c29-25(9-7-18-6-8-24-19(14-18)10-13-30-24)28-12-3-4-20-15-21-16-22(26(20)28)17-27-11-2-1-5-23(21)27/h6,8,14-15,21-23,26H,1-5,7,9-13,16-17H2/t21-,22+,23+,26+/m0/s1. The van der Waals surface area contributed by atoms with Gasteiger partial charge in [0.05, 0.1) is 12.6 Å². The number of aryl methyl sites for hydroxylation is 1. The number of hydrogen-bond acceptors (Lipinski definition) is 3. The second-order valence-corrected chi connectivity index (χ2v) is 10.1. The van der Waals surface area contributed by atoms with Crippen molar-refractivity contribution in [3.63, 3.8) is 0 Å². The van der Waals surface area contributed by atoms with Crippen LogP contribution >= 0.6 is 0 Å². The van der Waals surface area contributed by atoms with Crippen LogP contribution in [-0.4, -0.2) is 54.0 Å². The molecule has 4 atom stereocenters. The number of piperidine rings is 3. The van der Waals surface area contributed by atoms with Gasteiger partial charge in [0.2, 0.25) is 5.91 Å². The lowest BCUT2D eigenvalue weighted by molar-refractivity contribution is -0.136. The van der Waals surface area contributed by atoms with Crippen molar-refractivity contribution in [2.24, 2.45) is 11.8 Å². The minimum atomic E-state index is 0.363. The van der Waals surface area contributed by atoms with Gasteiger partial charge in [0, 0.05) is 32.0 Å². The van der Waals surface area contributed by atoms with Gasteiger partial charge < -0.3 is 9.64 Å². The van der Waals surface area contributed by atoms with E-state index in [-0.39, 0.29) is 0 Å². The lowest BCUT2D eigenvalue weighted by Crippen LogP contribution is -2.60. The molecule has 1 aromatic rings. The van der Waals surface area contributed by atoms with E-state index in [1.807, 2.05) is 0 Å². The maximum atomic E-state index is 13.4. The van der Waals surface area contributed by atoms with Crippen LogP contribution in [0.25, 0.3) is 0 Å². The molecule has 4 heteroatoms. The van der Waals surface area contributed by atoms with Gasteiger partial charge in [-0.3, -0.25) is 9.69 Å². The van der Waals surface area contributed by atoms with Gasteiger partial charge in [-0.25, -0.2) is 0 Å². The van der Waals surface area contributed by atoms with Crippen molar-refractivity contribution >= 4 is 5.91 Å².